The largest absolute Gasteiger partial charge is 0.367 e. The van der Waals surface area contributed by atoms with E-state index in [1.807, 2.05) is 13.8 Å². The number of carbonyl (C=O) groups is 1. The van der Waals surface area contributed by atoms with Gasteiger partial charge in [0.25, 0.3) is 5.91 Å². The Morgan fingerprint density at radius 1 is 1.27 bits per heavy atom. The third kappa shape index (κ3) is 2.76. The number of nitrogens with two attached hydrogens (primary N) is 1. The minimum atomic E-state index is -0.625. The van der Waals surface area contributed by atoms with Gasteiger partial charge in [-0.15, -0.1) is 10.2 Å². The SMILES string of the molecule is CCNc1nnc(NCC)c(C(N)=O)n1. The first-order valence-electron chi connectivity index (χ1n) is 4.71. The molecule has 15 heavy (non-hydrogen) atoms. The highest BCUT2D eigenvalue weighted by Gasteiger charge is 2.12. The average Bonchev–Trinajstić information content (AvgIpc) is 2.21. The molecule has 0 atom stereocenters. The molecule has 0 aliphatic carbocycles. The third-order valence-corrected chi connectivity index (χ3v) is 1.60. The van der Waals surface area contributed by atoms with Gasteiger partial charge in [-0.3, -0.25) is 4.79 Å². The second-order valence-electron chi connectivity index (χ2n) is 2.76. The number of rotatable bonds is 5. The Morgan fingerprint density at radius 3 is 2.47 bits per heavy atom. The quantitative estimate of drug-likeness (QED) is 0.623. The van der Waals surface area contributed by atoms with Crippen molar-refractivity contribution in [3.63, 3.8) is 0 Å². The van der Waals surface area contributed by atoms with Gasteiger partial charge in [-0.25, -0.2) is 4.98 Å². The third-order valence-electron chi connectivity index (χ3n) is 1.60. The Bertz CT molecular complexity index is 353. The van der Waals surface area contributed by atoms with Crippen molar-refractivity contribution in [1.82, 2.24) is 15.2 Å². The number of carbonyl (C=O) groups excluding carboxylic acids is 1. The van der Waals surface area contributed by atoms with E-state index in [0.29, 0.717) is 24.9 Å². The van der Waals surface area contributed by atoms with E-state index in [1.54, 1.807) is 0 Å². The van der Waals surface area contributed by atoms with E-state index in [2.05, 4.69) is 25.8 Å². The summed E-state index contributed by atoms with van der Waals surface area (Å²) >= 11 is 0. The molecule has 0 aliphatic heterocycles. The number of amides is 1. The molecule has 0 saturated carbocycles. The summed E-state index contributed by atoms with van der Waals surface area (Å²) in [6, 6.07) is 0. The van der Waals surface area contributed by atoms with E-state index in [-0.39, 0.29) is 5.69 Å². The Kier molecular flexibility index (Phi) is 3.78. The van der Waals surface area contributed by atoms with Gasteiger partial charge in [0.1, 0.15) is 0 Å². The van der Waals surface area contributed by atoms with Crippen LogP contribution < -0.4 is 16.4 Å². The lowest BCUT2D eigenvalue weighted by Gasteiger charge is -2.07. The highest BCUT2D eigenvalue weighted by Crippen LogP contribution is 2.09. The van der Waals surface area contributed by atoms with Gasteiger partial charge in [-0.05, 0) is 13.8 Å². The van der Waals surface area contributed by atoms with Gasteiger partial charge in [-0.2, -0.15) is 0 Å². The standard InChI is InChI=1S/C8H14N6O/c1-3-10-7-5(6(9)15)12-8(11-4-2)14-13-7/h3-4H2,1-2H3,(H2,9,15)(H,10,13)(H,11,12,14). The minimum absolute atomic E-state index is 0.0998. The molecular formula is C8H14N6O. The highest BCUT2D eigenvalue weighted by atomic mass is 16.1. The lowest BCUT2D eigenvalue weighted by atomic mass is 10.4. The van der Waals surface area contributed by atoms with Crippen LogP contribution in [0.5, 0.6) is 0 Å². The average molecular weight is 210 g/mol. The summed E-state index contributed by atoms with van der Waals surface area (Å²) in [6.07, 6.45) is 0. The van der Waals surface area contributed by atoms with Crippen molar-refractivity contribution in [3.05, 3.63) is 5.69 Å². The van der Waals surface area contributed by atoms with Crippen LogP contribution in [0.4, 0.5) is 11.8 Å². The molecule has 0 aliphatic rings. The number of hydrogen-bond donors (Lipinski definition) is 3. The highest BCUT2D eigenvalue weighted by molar-refractivity contribution is 5.95. The molecule has 0 radical (unpaired) electrons. The van der Waals surface area contributed by atoms with Crippen molar-refractivity contribution >= 4 is 17.7 Å². The van der Waals surface area contributed by atoms with E-state index >= 15 is 0 Å². The van der Waals surface area contributed by atoms with Gasteiger partial charge < -0.3 is 16.4 Å². The number of nitrogens with one attached hydrogen (secondary N) is 2. The molecule has 0 bridgehead atoms. The topological polar surface area (TPSA) is 106 Å². The molecule has 4 N–H and O–H groups in total. The molecule has 7 nitrogen and oxygen atoms in total. The fourth-order valence-electron chi connectivity index (χ4n) is 1.02. The van der Waals surface area contributed by atoms with E-state index in [1.165, 1.54) is 0 Å². The van der Waals surface area contributed by atoms with Crippen LogP contribution in [0.3, 0.4) is 0 Å². The van der Waals surface area contributed by atoms with Gasteiger partial charge in [0.2, 0.25) is 5.95 Å². The molecule has 0 unspecified atom stereocenters. The molecular weight excluding hydrogens is 196 g/mol. The fraction of sp³-hybridized carbons (Fsp3) is 0.500. The van der Waals surface area contributed by atoms with Crippen LogP contribution in [0.2, 0.25) is 0 Å². The van der Waals surface area contributed by atoms with E-state index < -0.39 is 5.91 Å². The summed E-state index contributed by atoms with van der Waals surface area (Å²) in [6.45, 7) is 5.05. The summed E-state index contributed by atoms with van der Waals surface area (Å²) in [5.74, 6) is -0.0143. The first-order valence-corrected chi connectivity index (χ1v) is 4.71. The van der Waals surface area contributed by atoms with Crippen LogP contribution in [0, 0.1) is 0 Å². The zero-order chi connectivity index (χ0) is 11.3. The molecule has 1 heterocycles. The predicted octanol–water partition coefficient (Wildman–Crippen LogP) is -0.166. The Labute approximate surface area is 87.5 Å². The summed E-state index contributed by atoms with van der Waals surface area (Å²) in [7, 11) is 0. The lowest BCUT2D eigenvalue weighted by Crippen LogP contribution is -2.19. The summed E-state index contributed by atoms with van der Waals surface area (Å²) < 4.78 is 0. The van der Waals surface area contributed by atoms with Crippen LogP contribution in [-0.2, 0) is 0 Å². The summed E-state index contributed by atoms with van der Waals surface area (Å²) in [4.78, 5) is 15.0. The van der Waals surface area contributed by atoms with Crippen molar-refractivity contribution in [2.45, 2.75) is 13.8 Å². The minimum Gasteiger partial charge on any atom is -0.367 e. The maximum atomic E-state index is 11.1. The van der Waals surface area contributed by atoms with Crippen LogP contribution >= 0.6 is 0 Å². The molecule has 1 amide bonds. The lowest BCUT2D eigenvalue weighted by molar-refractivity contribution is 0.0996. The van der Waals surface area contributed by atoms with Crippen molar-refractivity contribution in [3.8, 4) is 0 Å². The fourth-order valence-corrected chi connectivity index (χ4v) is 1.02. The monoisotopic (exact) mass is 210 g/mol. The van der Waals surface area contributed by atoms with Crippen LogP contribution in [0.25, 0.3) is 0 Å². The van der Waals surface area contributed by atoms with Crippen LogP contribution in [0.15, 0.2) is 0 Å². The van der Waals surface area contributed by atoms with Gasteiger partial charge in [0.15, 0.2) is 11.5 Å². The van der Waals surface area contributed by atoms with Crippen molar-refractivity contribution in [2.75, 3.05) is 23.7 Å². The molecule has 82 valence electrons. The van der Waals surface area contributed by atoms with Gasteiger partial charge in [-0.1, -0.05) is 0 Å². The number of hydrogen-bond acceptors (Lipinski definition) is 6. The maximum absolute atomic E-state index is 11.1. The van der Waals surface area contributed by atoms with E-state index in [0.717, 1.165) is 0 Å². The second kappa shape index (κ2) is 5.08. The normalized spacial score (nSPS) is 9.73. The smallest absolute Gasteiger partial charge is 0.271 e. The first-order chi connectivity index (χ1) is 7.19. The van der Waals surface area contributed by atoms with Crippen molar-refractivity contribution in [2.24, 2.45) is 5.73 Å². The maximum Gasteiger partial charge on any atom is 0.271 e. The van der Waals surface area contributed by atoms with Crippen LogP contribution in [0.1, 0.15) is 24.3 Å². The first kappa shape index (κ1) is 11.2. The molecule has 1 aromatic heterocycles. The molecule has 0 aromatic carbocycles. The van der Waals surface area contributed by atoms with Gasteiger partial charge in [0.05, 0.1) is 0 Å². The summed E-state index contributed by atoms with van der Waals surface area (Å²) in [5.41, 5.74) is 5.27. The van der Waals surface area contributed by atoms with Crippen LogP contribution in [-0.4, -0.2) is 34.2 Å². The molecule has 1 rings (SSSR count). The number of nitrogens with zero attached hydrogens (tertiary/aromatic N) is 3. The number of primary amides is 1. The molecule has 0 spiro atoms. The van der Waals surface area contributed by atoms with Crippen molar-refractivity contribution < 1.29 is 4.79 Å². The summed E-state index contributed by atoms with van der Waals surface area (Å²) in [5, 5.41) is 13.3. The van der Waals surface area contributed by atoms with E-state index in [9.17, 15) is 4.79 Å². The predicted molar refractivity (Wildman–Crippen MR) is 56.7 cm³/mol. The molecule has 0 saturated heterocycles. The Balaban J connectivity index is 3.03. The Hall–Kier alpha value is -1.92. The molecule has 1 aromatic rings. The van der Waals surface area contributed by atoms with Gasteiger partial charge >= 0.3 is 0 Å². The number of aromatic nitrogens is 3. The molecule has 7 heteroatoms. The second-order valence-corrected chi connectivity index (χ2v) is 2.76. The zero-order valence-corrected chi connectivity index (χ0v) is 8.74. The van der Waals surface area contributed by atoms with E-state index in [4.69, 9.17) is 5.73 Å². The molecule has 0 fully saturated rings. The van der Waals surface area contributed by atoms with Gasteiger partial charge in [0, 0.05) is 13.1 Å². The Morgan fingerprint density at radius 2 is 1.93 bits per heavy atom. The number of anilines is 2. The van der Waals surface area contributed by atoms with Crippen molar-refractivity contribution in [1.29, 1.82) is 0 Å². The zero-order valence-electron chi connectivity index (χ0n) is 8.74.